The van der Waals surface area contributed by atoms with Gasteiger partial charge in [-0.25, -0.2) is 0 Å². The summed E-state index contributed by atoms with van der Waals surface area (Å²) in [5.41, 5.74) is 0. The molecule has 0 bridgehead atoms. The normalized spacial score (nSPS) is 12.0. The topological polar surface area (TPSA) is 26.3 Å². The van der Waals surface area contributed by atoms with Crippen LogP contribution in [-0.2, 0) is 12.8 Å². The van der Waals surface area contributed by atoms with Gasteiger partial charge in [0.15, 0.2) is 0 Å². The van der Waals surface area contributed by atoms with Crippen LogP contribution in [0.3, 0.4) is 0 Å². The van der Waals surface area contributed by atoms with E-state index in [9.17, 15) is 0 Å². The predicted octanol–water partition coefficient (Wildman–Crippen LogP) is 13.2. The maximum absolute atomic E-state index is 6.28. The van der Waals surface area contributed by atoms with Crippen molar-refractivity contribution in [2.45, 2.75) is 78.1 Å². The maximum Gasteiger partial charge on any atom is 0.144 e. The van der Waals surface area contributed by atoms with Gasteiger partial charge in [-0.1, -0.05) is 76.6 Å². The number of rotatable bonds is 12. The Morgan fingerprint density at radius 1 is 0.452 bits per heavy atom. The van der Waals surface area contributed by atoms with E-state index in [2.05, 4.69) is 86.6 Å². The second-order valence-electron chi connectivity index (χ2n) is 11.6. The Labute approximate surface area is 256 Å². The summed E-state index contributed by atoms with van der Waals surface area (Å²) >= 11 is 3.65. The molecule has 0 radical (unpaired) electrons. The van der Waals surface area contributed by atoms with E-state index < -0.39 is 0 Å². The molecule has 0 aliphatic carbocycles. The van der Waals surface area contributed by atoms with E-state index in [1.54, 1.807) is 0 Å². The maximum atomic E-state index is 6.28. The molecule has 0 spiro atoms. The van der Waals surface area contributed by atoms with Gasteiger partial charge in [-0.05, 0) is 82.9 Å². The van der Waals surface area contributed by atoms with Gasteiger partial charge in [0.2, 0.25) is 0 Å². The fourth-order valence-electron chi connectivity index (χ4n) is 6.25. The second-order valence-corrected chi connectivity index (χ2v) is 13.8. The second kappa shape index (κ2) is 12.1. The van der Waals surface area contributed by atoms with Crippen LogP contribution in [0.25, 0.3) is 63.0 Å². The number of furan rings is 2. The van der Waals surface area contributed by atoms with Crippen molar-refractivity contribution in [3.63, 3.8) is 0 Å². The Morgan fingerprint density at radius 3 is 1.33 bits per heavy atom. The smallest absolute Gasteiger partial charge is 0.144 e. The zero-order valence-corrected chi connectivity index (χ0v) is 26.3. The average Bonchev–Trinajstić information content (AvgIpc) is 3.82. The third kappa shape index (κ3) is 5.31. The summed E-state index contributed by atoms with van der Waals surface area (Å²) in [4.78, 5) is 2.41. The molecule has 2 nitrogen and oxygen atoms in total. The molecule has 4 heteroatoms. The number of unbranched alkanes of at least 4 members (excludes halogenated alkanes) is 6. The van der Waals surface area contributed by atoms with Crippen molar-refractivity contribution < 1.29 is 8.83 Å². The number of hydrogen-bond acceptors (Lipinski definition) is 4. The first kappa shape index (κ1) is 27.5. The molecule has 0 saturated carbocycles. The van der Waals surface area contributed by atoms with Crippen LogP contribution in [0.1, 0.15) is 76.7 Å². The van der Waals surface area contributed by atoms with E-state index in [1.165, 1.54) is 103 Å². The Morgan fingerprint density at radius 2 is 0.881 bits per heavy atom. The van der Waals surface area contributed by atoms with Gasteiger partial charge >= 0.3 is 0 Å². The standard InChI is InChI=1S/C38H38O2S2/c1-3-5-7-9-11-25-13-19-33(39-25)37-23-31-29-15-16-30-28(27(29)17-21-35(31)41-37)18-22-36-32(30)24-38(42-36)34-20-14-26(40-34)12-10-8-6-4-2/h13-24H,3-12H2,1-2H3. The first-order valence-corrected chi connectivity index (χ1v) is 17.3. The van der Waals surface area contributed by atoms with Crippen LogP contribution in [0, 0.1) is 0 Å². The molecular weight excluding hydrogens is 553 g/mol. The molecule has 0 fully saturated rings. The fourth-order valence-corrected chi connectivity index (χ4v) is 8.32. The Bertz CT molecular complexity index is 1840. The Balaban J connectivity index is 1.19. The molecule has 3 aromatic carbocycles. The predicted molar refractivity (Wildman–Crippen MR) is 183 cm³/mol. The van der Waals surface area contributed by atoms with E-state index >= 15 is 0 Å². The highest BCUT2D eigenvalue weighted by atomic mass is 32.1. The number of thiophene rings is 2. The van der Waals surface area contributed by atoms with Crippen LogP contribution < -0.4 is 0 Å². The molecule has 0 N–H and O–H groups in total. The van der Waals surface area contributed by atoms with Crippen molar-refractivity contribution in [1.82, 2.24) is 0 Å². The van der Waals surface area contributed by atoms with Gasteiger partial charge in [-0.2, -0.15) is 0 Å². The largest absolute Gasteiger partial charge is 0.460 e. The van der Waals surface area contributed by atoms with Gasteiger partial charge in [0.05, 0.1) is 9.75 Å². The van der Waals surface area contributed by atoms with Crippen molar-refractivity contribution in [3.05, 3.63) is 84.3 Å². The third-order valence-corrected chi connectivity index (χ3v) is 10.8. The molecule has 0 amide bonds. The molecule has 0 saturated heterocycles. The summed E-state index contributed by atoms with van der Waals surface area (Å²) in [7, 11) is 0. The quantitative estimate of drug-likeness (QED) is 0.104. The first-order chi connectivity index (χ1) is 20.7. The van der Waals surface area contributed by atoms with Crippen molar-refractivity contribution >= 4 is 64.4 Å². The zero-order valence-electron chi connectivity index (χ0n) is 24.6. The summed E-state index contributed by atoms with van der Waals surface area (Å²) < 4.78 is 15.2. The first-order valence-electron chi connectivity index (χ1n) is 15.7. The minimum absolute atomic E-state index is 0.991. The molecular formula is C38H38O2S2. The number of aryl methyl sites for hydroxylation is 2. The molecule has 0 atom stereocenters. The van der Waals surface area contributed by atoms with Crippen LogP contribution in [0.15, 0.2) is 81.6 Å². The molecule has 0 aliphatic heterocycles. The van der Waals surface area contributed by atoms with Gasteiger partial charge in [0, 0.05) is 33.0 Å². The number of fused-ring (bicyclic) bond motifs is 7. The summed E-state index contributed by atoms with van der Waals surface area (Å²) in [6.07, 6.45) is 12.1. The van der Waals surface area contributed by atoms with E-state index in [4.69, 9.17) is 8.83 Å². The fraction of sp³-hybridized carbons (Fsp3) is 0.316. The lowest BCUT2D eigenvalue weighted by Gasteiger charge is -2.06. The van der Waals surface area contributed by atoms with Crippen LogP contribution in [0.5, 0.6) is 0 Å². The van der Waals surface area contributed by atoms with E-state index in [0.29, 0.717) is 0 Å². The van der Waals surface area contributed by atoms with Gasteiger partial charge in [0.1, 0.15) is 23.0 Å². The van der Waals surface area contributed by atoms with E-state index in [1.807, 2.05) is 22.7 Å². The van der Waals surface area contributed by atoms with Crippen molar-refractivity contribution in [2.75, 3.05) is 0 Å². The lowest BCUT2D eigenvalue weighted by atomic mass is 9.98. The van der Waals surface area contributed by atoms with Crippen LogP contribution in [0.2, 0.25) is 0 Å². The molecule has 7 rings (SSSR count). The molecule has 0 unspecified atom stereocenters. The third-order valence-electron chi connectivity index (χ3n) is 8.55. The van der Waals surface area contributed by atoms with Crippen LogP contribution in [0.4, 0.5) is 0 Å². The highest BCUT2D eigenvalue weighted by Crippen LogP contribution is 2.43. The van der Waals surface area contributed by atoms with Crippen molar-refractivity contribution in [3.8, 4) is 21.3 Å². The molecule has 42 heavy (non-hydrogen) atoms. The molecule has 4 aromatic heterocycles. The summed E-state index contributed by atoms with van der Waals surface area (Å²) in [5, 5.41) is 7.85. The summed E-state index contributed by atoms with van der Waals surface area (Å²) in [6, 6.07) is 27.1. The number of benzene rings is 3. The lowest BCUT2D eigenvalue weighted by Crippen LogP contribution is -1.82. The van der Waals surface area contributed by atoms with Crippen molar-refractivity contribution in [1.29, 1.82) is 0 Å². The van der Waals surface area contributed by atoms with E-state index in [0.717, 1.165) is 35.9 Å². The lowest BCUT2D eigenvalue weighted by molar-refractivity contribution is 0.506. The monoisotopic (exact) mass is 590 g/mol. The number of hydrogen-bond donors (Lipinski definition) is 0. The summed E-state index contributed by atoms with van der Waals surface area (Å²) in [6.45, 7) is 4.51. The van der Waals surface area contributed by atoms with Crippen LogP contribution in [-0.4, -0.2) is 0 Å². The van der Waals surface area contributed by atoms with Crippen molar-refractivity contribution in [2.24, 2.45) is 0 Å². The molecule has 4 heterocycles. The van der Waals surface area contributed by atoms with Gasteiger partial charge in [-0.3, -0.25) is 0 Å². The van der Waals surface area contributed by atoms with Gasteiger partial charge in [-0.15, -0.1) is 22.7 Å². The van der Waals surface area contributed by atoms with E-state index in [-0.39, 0.29) is 0 Å². The SMILES string of the molecule is CCCCCCc1ccc(-c2cc3c(ccc4c3ccc3c5cc(-c6ccc(CCCCCC)o6)sc5ccc34)s2)o1. The van der Waals surface area contributed by atoms with Gasteiger partial charge in [0.25, 0.3) is 0 Å². The highest BCUT2D eigenvalue weighted by molar-refractivity contribution is 7.22. The molecule has 214 valence electrons. The molecule has 7 aromatic rings. The molecule has 0 aliphatic rings. The Hall–Kier alpha value is -3.34. The average molecular weight is 591 g/mol. The highest BCUT2D eigenvalue weighted by Gasteiger charge is 2.15. The summed E-state index contributed by atoms with van der Waals surface area (Å²) in [5.74, 6) is 4.19. The Kier molecular flexibility index (Phi) is 7.92. The minimum Gasteiger partial charge on any atom is -0.460 e. The minimum atomic E-state index is 0.991. The van der Waals surface area contributed by atoms with Crippen LogP contribution >= 0.6 is 22.7 Å². The van der Waals surface area contributed by atoms with Gasteiger partial charge < -0.3 is 8.83 Å². The zero-order chi connectivity index (χ0) is 28.5.